The number of aromatic nitrogens is 2. The van der Waals surface area contributed by atoms with E-state index in [0.29, 0.717) is 11.6 Å². The molecule has 6 nitrogen and oxygen atoms in total. The highest BCUT2D eigenvalue weighted by Gasteiger charge is 2.32. The minimum absolute atomic E-state index is 0.147. The van der Waals surface area contributed by atoms with E-state index in [0.717, 1.165) is 51.3 Å². The SMILES string of the molecule is NC1CCCn2c(C3CCOCC3)nc(C(=O)O)c21. The van der Waals surface area contributed by atoms with Gasteiger partial charge in [0.15, 0.2) is 5.69 Å². The van der Waals surface area contributed by atoms with Crippen LogP contribution in [-0.2, 0) is 11.3 Å². The minimum Gasteiger partial charge on any atom is -0.476 e. The number of imidazole rings is 1. The van der Waals surface area contributed by atoms with E-state index in [1.807, 2.05) is 4.57 Å². The van der Waals surface area contributed by atoms with Crippen LogP contribution in [0.15, 0.2) is 0 Å². The topological polar surface area (TPSA) is 90.4 Å². The summed E-state index contributed by atoms with van der Waals surface area (Å²) in [6.45, 7) is 2.28. The number of rotatable bonds is 2. The first kappa shape index (κ1) is 12.6. The lowest BCUT2D eigenvalue weighted by molar-refractivity contribution is 0.0688. The number of hydrogen-bond donors (Lipinski definition) is 2. The molecule has 0 amide bonds. The zero-order chi connectivity index (χ0) is 13.4. The molecule has 3 rings (SSSR count). The number of carbonyl (C=O) groups is 1. The van der Waals surface area contributed by atoms with Gasteiger partial charge in [-0.25, -0.2) is 9.78 Å². The van der Waals surface area contributed by atoms with Gasteiger partial charge in [-0.05, 0) is 25.7 Å². The summed E-state index contributed by atoms with van der Waals surface area (Å²) in [5.74, 6) is 0.219. The van der Waals surface area contributed by atoms with E-state index in [-0.39, 0.29) is 11.7 Å². The lowest BCUT2D eigenvalue weighted by atomic mass is 9.98. The van der Waals surface area contributed by atoms with Crippen LogP contribution < -0.4 is 5.73 Å². The van der Waals surface area contributed by atoms with Gasteiger partial charge in [0.25, 0.3) is 0 Å². The zero-order valence-corrected chi connectivity index (χ0v) is 10.8. The molecule has 19 heavy (non-hydrogen) atoms. The number of carboxylic acid groups (broad SMARTS) is 1. The number of aromatic carboxylic acids is 1. The zero-order valence-electron chi connectivity index (χ0n) is 10.8. The molecule has 1 atom stereocenters. The van der Waals surface area contributed by atoms with Crippen LogP contribution in [0.1, 0.15) is 59.6 Å². The predicted octanol–water partition coefficient (Wildman–Crippen LogP) is 1.27. The fraction of sp³-hybridized carbons (Fsp3) is 0.692. The molecule has 0 saturated carbocycles. The molecule has 3 heterocycles. The van der Waals surface area contributed by atoms with Crippen molar-refractivity contribution in [3.05, 3.63) is 17.2 Å². The van der Waals surface area contributed by atoms with Crippen LogP contribution in [0.5, 0.6) is 0 Å². The predicted molar refractivity (Wildman–Crippen MR) is 68.1 cm³/mol. The van der Waals surface area contributed by atoms with Gasteiger partial charge in [-0.1, -0.05) is 0 Å². The first-order chi connectivity index (χ1) is 9.18. The van der Waals surface area contributed by atoms with Crippen molar-refractivity contribution >= 4 is 5.97 Å². The smallest absolute Gasteiger partial charge is 0.356 e. The molecule has 104 valence electrons. The van der Waals surface area contributed by atoms with Crippen LogP contribution in [-0.4, -0.2) is 33.8 Å². The van der Waals surface area contributed by atoms with Crippen molar-refractivity contribution in [1.29, 1.82) is 0 Å². The highest BCUT2D eigenvalue weighted by molar-refractivity contribution is 5.87. The average molecular weight is 265 g/mol. The molecule has 0 bridgehead atoms. The average Bonchev–Trinajstić information content (AvgIpc) is 2.81. The lowest BCUT2D eigenvalue weighted by Gasteiger charge is -2.26. The van der Waals surface area contributed by atoms with Crippen molar-refractivity contribution in [3.63, 3.8) is 0 Å². The third-order valence-electron chi connectivity index (χ3n) is 4.07. The minimum atomic E-state index is -0.973. The molecular formula is C13H19N3O3. The van der Waals surface area contributed by atoms with Gasteiger partial charge >= 0.3 is 5.97 Å². The van der Waals surface area contributed by atoms with E-state index in [4.69, 9.17) is 10.5 Å². The maximum Gasteiger partial charge on any atom is 0.356 e. The van der Waals surface area contributed by atoms with Crippen LogP contribution in [0.25, 0.3) is 0 Å². The second-order valence-electron chi connectivity index (χ2n) is 5.30. The van der Waals surface area contributed by atoms with Gasteiger partial charge < -0.3 is 20.1 Å². The van der Waals surface area contributed by atoms with Crippen molar-refractivity contribution in [2.45, 2.75) is 44.2 Å². The van der Waals surface area contributed by atoms with Gasteiger partial charge in [-0.15, -0.1) is 0 Å². The normalized spacial score (nSPS) is 24.2. The van der Waals surface area contributed by atoms with E-state index in [1.54, 1.807) is 0 Å². The van der Waals surface area contributed by atoms with Gasteiger partial charge in [0.1, 0.15) is 5.82 Å². The maximum atomic E-state index is 11.4. The maximum absolute atomic E-state index is 11.4. The van der Waals surface area contributed by atoms with Gasteiger partial charge in [0, 0.05) is 31.7 Å². The number of carboxylic acids is 1. The molecule has 3 N–H and O–H groups in total. The van der Waals surface area contributed by atoms with E-state index in [1.165, 1.54) is 0 Å². The Morgan fingerprint density at radius 3 is 2.79 bits per heavy atom. The molecular weight excluding hydrogens is 246 g/mol. The van der Waals surface area contributed by atoms with Gasteiger partial charge in [0.05, 0.1) is 5.69 Å². The van der Waals surface area contributed by atoms with Gasteiger partial charge in [-0.3, -0.25) is 0 Å². The van der Waals surface area contributed by atoms with Gasteiger partial charge in [0.2, 0.25) is 0 Å². The quantitative estimate of drug-likeness (QED) is 0.840. The van der Waals surface area contributed by atoms with Crippen LogP contribution in [0, 0.1) is 0 Å². The van der Waals surface area contributed by atoms with E-state index in [9.17, 15) is 9.90 Å². The Morgan fingerprint density at radius 1 is 1.37 bits per heavy atom. The Kier molecular flexibility index (Phi) is 3.28. The fourth-order valence-corrected chi connectivity index (χ4v) is 3.13. The molecule has 1 unspecified atom stereocenters. The summed E-state index contributed by atoms with van der Waals surface area (Å²) in [7, 11) is 0. The first-order valence-electron chi connectivity index (χ1n) is 6.85. The van der Waals surface area contributed by atoms with Crippen molar-refractivity contribution < 1.29 is 14.6 Å². The molecule has 1 fully saturated rings. The summed E-state index contributed by atoms with van der Waals surface area (Å²) in [5.41, 5.74) is 6.93. The van der Waals surface area contributed by atoms with Crippen LogP contribution in [0.3, 0.4) is 0 Å². The molecule has 0 aliphatic carbocycles. The second-order valence-corrected chi connectivity index (χ2v) is 5.30. The molecule has 2 aliphatic rings. The highest BCUT2D eigenvalue weighted by atomic mass is 16.5. The standard InChI is InChI=1S/C13H19N3O3/c14-9-2-1-5-16-11(9)10(13(17)18)15-12(16)8-3-6-19-7-4-8/h8-9H,1-7,14H2,(H,17,18). The molecule has 1 aromatic heterocycles. The van der Waals surface area contributed by atoms with Crippen molar-refractivity contribution in [3.8, 4) is 0 Å². The van der Waals surface area contributed by atoms with E-state index < -0.39 is 5.97 Å². The van der Waals surface area contributed by atoms with Crippen LogP contribution in [0.4, 0.5) is 0 Å². The summed E-state index contributed by atoms with van der Waals surface area (Å²) in [4.78, 5) is 15.8. The third kappa shape index (κ3) is 2.15. The molecule has 2 aliphatic heterocycles. The molecule has 0 radical (unpaired) electrons. The van der Waals surface area contributed by atoms with E-state index in [2.05, 4.69) is 4.98 Å². The second kappa shape index (κ2) is 4.94. The molecule has 0 aromatic carbocycles. The summed E-state index contributed by atoms with van der Waals surface area (Å²) < 4.78 is 7.41. The Morgan fingerprint density at radius 2 is 2.11 bits per heavy atom. The van der Waals surface area contributed by atoms with Crippen LogP contribution >= 0.6 is 0 Å². The number of ether oxygens (including phenoxy) is 1. The molecule has 1 aromatic rings. The van der Waals surface area contributed by atoms with Gasteiger partial charge in [-0.2, -0.15) is 0 Å². The highest BCUT2D eigenvalue weighted by Crippen LogP contribution is 2.33. The van der Waals surface area contributed by atoms with Crippen molar-refractivity contribution in [2.75, 3.05) is 13.2 Å². The largest absolute Gasteiger partial charge is 0.476 e. The Hall–Kier alpha value is -1.40. The number of fused-ring (bicyclic) bond motifs is 1. The lowest BCUT2D eigenvalue weighted by Crippen LogP contribution is -2.26. The van der Waals surface area contributed by atoms with Crippen molar-refractivity contribution in [1.82, 2.24) is 9.55 Å². The Balaban J connectivity index is 2.04. The Bertz CT molecular complexity index is 492. The Labute approximate surface area is 111 Å². The first-order valence-corrected chi connectivity index (χ1v) is 6.85. The third-order valence-corrected chi connectivity index (χ3v) is 4.07. The monoisotopic (exact) mass is 265 g/mol. The summed E-state index contributed by atoms with van der Waals surface area (Å²) in [5, 5.41) is 9.31. The fourth-order valence-electron chi connectivity index (χ4n) is 3.13. The van der Waals surface area contributed by atoms with E-state index >= 15 is 0 Å². The molecule has 6 heteroatoms. The molecule has 1 saturated heterocycles. The summed E-state index contributed by atoms with van der Waals surface area (Å²) >= 11 is 0. The number of nitrogens with zero attached hydrogens (tertiary/aromatic N) is 2. The number of hydrogen-bond acceptors (Lipinski definition) is 4. The number of nitrogens with two attached hydrogens (primary N) is 1. The van der Waals surface area contributed by atoms with Crippen LogP contribution in [0.2, 0.25) is 0 Å². The summed E-state index contributed by atoms with van der Waals surface area (Å²) in [6.07, 6.45) is 3.63. The van der Waals surface area contributed by atoms with Crippen molar-refractivity contribution in [2.24, 2.45) is 5.73 Å². The molecule has 0 spiro atoms. The summed E-state index contributed by atoms with van der Waals surface area (Å²) in [6, 6.07) is -0.207.